The lowest BCUT2D eigenvalue weighted by Gasteiger charge is -2.25. The third-order valence-electron chi connectivity index (χ3n) is 2.81. The minimum absolute atomic E-state index is 0.187. The van der Waals surface area contributed by atoms with E-state index in [-0.39, 0.29) is 5.78 Å². The molecule has 0 N–H and O–H groups in total. The zero-order valence-electron chi connectivity index (χ0n) is 8.34. The predicted molar refractivity (Wildman–Crippen MR) is 57.8 cm³/mol. The Kier molecular flexibility index (Phi) is 1.66. The molecule has 0 aromatic heterocycles. The fraction of sp³-hybridized carbons (Fsp3) is 0.0769. The molecular weight excluding hydrogens is 204 g/mol. The number of hydrogen-bond acceptors (Lipinski definition) is 3. The summed E-state index contributed by atoms with van der Waals surface area (Å²) in [4.78, 5) is 23.3. The quantitative estimate of drug-likeness (QED) is 0.615. The molecule has 3 rings (SSSR count). The normalized spacial score (nSPS) is 26.0. The van der Waals surface area contributed by atoms with Crippen LogP contribution in [0.3, 0.4) is 0 Å². The summed E-state index contributed by atoms with van der Waals surface area (Å²) in [6.07, 6.45) is 6.22. The van der Waals surface area contributed by atoms with Crippen LogP contribution in [-0.2, 0) is 9.53 Å². The van der Waals surface area contributed by atoms with Crippen LogP contribution in [0.5, 0.6) is 0 Å². The first kappa shape index (κ1) is 9.09. The molecule has 0 saturated carbocycles. The summed E-state index contributed by atoms with van der Waals surface area (Å²) in [5.41, 5.74) is 0.240. The third-order valence-corrected chi connectivity index (χ3v) is 2.81. The summed E-state index contributed by atoms with van der Waals surface area (Å²) in [7, 11) is 0. The van der Waals surface area contributed by atoms with Crippen molar-refractivity contribution in [3.63, 3.8) is 0 Å². The van der Waals surface area contributed by atoms with E-state index in [0.717, 1.165) is 5.56 Å². The van der Waals surface area contributed by atoms with Crippen LogP contribution in [-0.4, -0.2) is 17.4 Å². The van der Waals surface area contributed by atoms with E-state index >= 15 is 0 Å². The minimum atomic E-state index is -1.20. The van der Waals surface area contributed by atoms with E-state index in [4.69, 9.17) is 4.74 Å². The Hall–Kier alpha value is -2.16. The minimum Gasteiger partial charge on any atom is -0.439 e. The molecule has 1 aliphatic carbocycles. The zero-order valence-corrected chi connectivity index (χ0v) is 8.34. The van der Waals surface area contributed by atoms with Gasteiger partial charge in [0.05, 0.1) is 0 Å². The highest BCUT2D eigenvalue weighted by Gasteiger charge is 2.43. The van der Waals surface area contributed by atoms with E-state index in [9.17, 15) is 9.59 Å². The van der Waals surface area contributed by atoms with E-state index in [2.05, 4.69) is 0 Å². The summed E-state index contributed by atoms with van der Waals surface area (Å²) < 4.78 is 5.07. The zero-order chi connectivity index (χ0) is 11.2. The Morgan fingerprint density at radius 2 is 1.75 bits per heavy atom. The van der Waals surface area contributed by atoms with Gasteiger partial charge in [0, 0.05) is 11.6 Å². The van der Waals surface area contributed by atoms with Gasteiger partial charge in [0.25, 0.3) is 0 Å². The highest BCUT2D eigenvalue weighted by atomic mass is 16.6. The molecule has 0 amide bonds. The van der Waals surface area contributed by atoms with Gasteiger partial charge in [0.15, 0.2) is 0 Å². The van der Waals surface area contributed by atoms with Crippen molar-refractivity contribution in [2.45, 2.75) is 5.60 Å². The van der Waals surface area contributed by atoms with Gasteiger partial charge in [0.2, 0.25) is 11.4 Å². The molecule has 3 heteroatoms. The number of ketones is 1. The van der Waals surface area contributed by atoms with Crippen LogP contribution in [0, 0.1) is 0 Å². The average molecular weight is 212 g/mol. The van der Waals surface area contributed by atoms with Gasteiger partial charge in [-0.05, 0) is 17.7 Å². The number of benzene rings is 1. The van der Waals surface area contributed by atoms with Gasteiger partial charge in [0.1, 0.15) is 0 Å². The van der Waals surface area contributed by atoms with E-state index in [1.54, 1.807) is 24.3 Å². The first-order chi connectivity index (χ1) is 7.71. The highest BCUT2D eigenvalue weighted by molar-refractivity contribution is 6.13. The van der Waals surface area contributed by atoms with Gasteiger partial charge in [-0.1, -0.05) is 30.3 Å². The predicted octanol–water partition coefficient (Wildman–Crippen LogP) is 1.75. The number of esters is 1. The summed E-state index contributed by atoms with van der Waals surface area (Å²) in [6, 6.07) is 7.26. The van der Waals surface area contributed by atoms with Crippen LogP contribution < -0.4 is 0 Å². The Bertz CT molecular complexity index is 554. The number of Topliss-reactive ketones (excluding diaryl/α,β-unsaturated/α-hetero) is 1. The van der Waals surface area contributed by atoms with Crippen LogP contribution >= 0.6 is 0 Å². The second-order valence-electron chi connectivity index (χ2n) is 3.80. The van der Waals surface area contributed by atoms with Crippen LogP contribution in [0.1, 0.15) is 15.9 Å². The van der Waals surface area contributed by atoms with Gasteiger partial charge in [-0.25, -0.2) is 4.79 Å². The molecule has 1 heterocycles. The molecule has 1 aromatic carbocycles. The molecule has 1 spiro atoms. The Labute approximate surface area is 92.0 Å². The van der Waals surface area contributed by atoms with Crippen LogP contribution in [0.4, 0.5) is 0 Å². The smallest absolute Gasteiger partial charge is 0.332 e. The topological polar surface area (TPSA) is 43.4 Å². The molecule has 1 atom stereocenters. The van der Waals surface area contributed by atoms with Crippen molar-refractivity contribution in [1.82, 2.24) is 0 Å². The first-order valence-corrected chi connectivity index (χ1v) is 4.97. The molecule has 0 fully saturated rings. The molecule has 3 nitrogen and oxygen atoms in total. The third kappa shape index (κ3) is 1.08. The van der Waals surface area contributed by atoms with E-state index in [0.29, 0.717) is 5.56 Å². The second-order valence-corrected chi connectivity index (χ2v) is 3.80. The maximum atomic E-state index is 12.2. The largest absolute Gasteiger partial charge is 0.439 e. The van der Waals surface area contributed by atoms with Crippen LogP contribution in [0.25, 0.3) is 6.08 Å². The molecule has 1 aliphatic heterocycles. The van der Waals surface area contributed by atoms with Gasteiger partial charge in [-0.2, -0.15) is 0 Å². The van der Waals surface area contributed by atoms with Crippen molar-refractivity contribution in [3.8, 4) is 0 Å². The van der Waals surface area contributed by atoms with Gasteiger partial charge in [-0.3, -0.25) is 4.79 Å². The van der Waals surface area contributed by atoms with Crippen molar-refractivity contribution >= 4 is 17.8 Å². The lowest BCUT2D eigenvalue weighted by atomic mass is 9.85. The summed E-state index contributed by atoms with van der Waals surface area (Å²) in [5.74, 6) is -0.662. The van der Waals surface area contributed by atoms with Crippen molar-refractivity contribution in [1.29, 1.82) is 0 Å². The van der Waals surface area contributed by atoms with Crippen molar-refractivity contribution < 1.29 is 14.3 Å². The number of carbonyl (C=O) groups excluding carboxylic acids is 2. The molecular formula is C13H8O3. The van der Waals surface area contributed by atoms with Gasteiger partial charge < -0.3 is 4.74 Å². The number of rotatable bonds is 0. The lowest BCUT2D eigenvalue weighted by Crippen LogP contribution is -2.38. The van der Waals surface area contributed by atoms with Crippen LogP contribution in [0.15, 0.2) is 42.5 Å². The fourth-order valence-electron chi connectivity index (χ4n) is 1.99. The Morgan fingerprint density at radius 3 is 2.50 bits per heavy atom. The Morgan fingerprint density at radius 1 is 1.00 bits per heavy atom. The molecule has 0 bridgehead atoms. The molecule has 78 valence electrons. The molecule has 0 saturated heterocycles. The maximum absolute atomic E-state index is 12.2. The fourth-order valence-corrected chi connectivity index (χ4v) is 1.99. The Balaban J connectivity index is 2.15. The van der Waals surface area contributed by atoms with E-state index < -0.39 is 11.6 Å². The molecule has 16 heavy (non-hydrogen) atoms. The summed E-state index contributed by atoms with van der Waals surface area (Å²) >= 11 is 0. The molecule has 1 aromatic rings. The monoisotopic (exact) mass is 212 g/mol. The molecule has 2 aliphatic rings. The summed E-state index contributed by atoms with van der Waals surface area (Å²) in [5, 5.41) is 0. The molecule has 1 unspecified atom stereocenters. The SMILES string of the molecule is O=C1C=CC2(C=Cc3ccccc3C2=O)O1. The van der Waals surface area contributed by atoms with Crippen LogP contribution in [0.2, 0.25) is 0 Å². The van der Waals surface area contributed by atoms with Gasteiger partial charge >= 0.3 is 5.97 Å². The maximum Gasteiger partial charge on any atom is 0.332 e. The number of carbonyl (C=O) groups is 2. The number of hydrogen-bond donors (Lipinski definition) is 0. The summed E-state index contributed by atoms with van der Waals surface area (Å²) in [6.45, 7) is 0. The number of ether oxygens (including phenoxy) is 1. The van der Waals surface area contributed by atoms with Gasteiger partial charge in [-0.15, -0.1) is 0 Å². The first-order valence-electron chi connectivity index (χ1n) is 4.97. The van der Waals surface area contributed by atoms with Crippen molar-refractivity contribution in [2.75, 3.05) is 0 Å². The number of fused-ring (bicyclic) bond motifs is 1. The lowest BCUT2D eigenvalue weighted by molar-refractivity contribution is -0.140. The average Bonchev–Trinajstić information content (AvgIpc) is 2.68. The van der Waals surface area contributed by atoms with Crippen molar-refractivity contribution in [3.05, 3.63) is 53.6 Å². The second kappa shape index (κ2) is 2.92. The highest BCUT2D eigenvalue weighted by Crippen LogP contribution is 2.32. The molecule has 0 radical (unpaired) electrons. The van der Waals surface area contributed by atoms with E-state index in [1.165, 1.54) is 12.2 Å². The standard InChI is InChI=1S/C13H8O3/c14-11-6-8-13(16-11)7-5-9-3-1-2-4-10(9)12(13)15/h1-8H. The van der Waals surface area contributed by atoms with E-state index in [1.807, 2.05) is 12.1 Å². The van der Waals surface area contributed by atoms with Crippen molar-refractivity contribution in [2.24, 2.45) is 0 Å².